The summed E-state index contributed by atoms with van der Waals surface area (Å²) in [5.41, 5.74) is 8.23. The van der Waals surface area contributed by atoms with Crippen LogP contribution in [0.25, 0.3) is 93.0 Å². The van der Waals surface area contributed by atoms with E-state index in [9.17, 15) is 0 Å². The number of aromatic nitrogens is 5. The third-order valence-electron chi connectivity index (χ3n) is 9.37. The van der Waals surface area contributed by atoms with E-state index in [0.29, 0.717) is 17.5 Å². The van der Waals surface area contributed by atoms with Crippen LogP contribution in [0.5, 0.6) is 0 Å². The first kappa shape index (κ1) is 28.5. The molecule has 10 rings (SSSR count). The summed E-state index contributed by atoms with van der Waals surface area (Å²) in [7, 11) is 0. The Bertz CT molecular complexity index is 2820. The highest BCUT2D eigenvalue weighted by molar-refractivity contribution is 7.25. The molecule has 234 valence electrons. The Labute approximate surface area is 291 Å². The lowest BCUT2D eigenvalue weighted by atomic mass is 9.98. The molecule has 5 nitrogen and oxygen atoms in total. The van der Waals surface area contributed by atoms with Crippen LogP contribution in [0.15, 0.2) is 164 Å². The summed E-state index contributed by atoms with van der Waals surface area (Å²) >= 11 is 1.85. The van der Waals surface area contributed by atoms with Gasteiger partial charge in [0.1, 0.15) is 0 Å². The van der Waals surface area contributed by atoms with Crippen LogP contribution in [0, 0.1) is 0 Å². The Morgan fingerprint density at radius 2 is 1.08 bits per heavy atom. The van der Waals surface area contributed by atoms with E-state index < -0.39 is 0 Å². The van der Waals surface area contributed by atoms with E-state index in [4.69, 9.17) is 15.0 Å². The van der Waals surface area contributed by atoms with Gasteiger partial charge in [-0.05, 0) is 41.5 Å². The molecule has 0 amide bonds. The van der Waals surface area contributed by atoms with Crippen LogP contribution in [0.4, 0.5) is 0 Å². The minimum Gasteiger partial charge on any atom is -0.308 e. The lowest BCUT2D eigenvalue weighted by molar-refractivity contribution is 1.06. The van der Waals surface area contributed by atoms with Crippen LogP contribution in [-0.2, 0) is 0 Å². The first-order chi connectivity index (χ1) is 24.8. The molecule has 4 aromatic heterocycles. The van der Waals surface area contributed by atoms with E-state index >= 15 is 0 Å². The molecule has 0 aliphatic carbocycles. The van der Waals surface area contributed by atoms with Crippen molar-refractivity contribution in [3.8, 4) is 51.0 Å². The van der Waals surface area contributed by atoms with Gasteiger partial charge in [-0.1, -0.05) is 121 Å². The van der Waals surface area contributed by atoms with Crippen LogP contribution in [0.1, 0.15) is 0 Å². The molecule has 50 heavy (non-hydrogen) atoms. The zero-order chi connectivity index (χ0) is 33.0. The van der Waals surface area contributed by atoms with Crippen LogP contribution < -0.4 is 0 Å². The van der Waals surface area contributed by atoms with Gasteiger partial charge < -0.3 is 4.57 Å². The van der Waals surface area contributed by atoms with E-state index in [2.05, 4.69) is 101 Å². The Morgan fingerprint density at radius 3 is 1.86 bits per heavy atom. The van der Waals surface area contributed by atoms with Crippen molar-refractivity contribution in [1.29, 1.82) is 0 Å². The third kappa shape index (κ3) is 4.61. The number of hydrogen-bond donors (Lipinski definition) is 0. The molecule has 0 atom stereocenters. The van der Waals surface area contributed by atoms with Gasteiger partial charge in [0.2, 0.25) is 0 Å². The minimum absolute atomic E-state index is 0.567. The molecule has 6 aromatic carbocycles. The molecule has 0 radical (unpaired) electrons. The number of hydrogen-bond acceptors (Lipinski definition) is 5. The van der Waals surface area contributed by atoms with Crippen molar-refractivity contribution in [2.75, 3.05) is 0 Å². The van der Waals surface area contributed by atoms with Crippen molar-refractivity contribution in [2.45, 2.75) is 0 Å². The minimum atomic E-state index is 0.567. The van der Waals surface area contributed by atoms with Crippen molar-refractivity contribution >= 4 is 53.3 Å². The largest absolute Gasteiger partial charge is 0.308 e. The van der Waals surface area contributed by atoms with Crippen molar-refractivity contribution in [3.63, 3.8) is 0 Å². The molecule has 4 heterocycles. The highest BCUT2D eigenvalue weighted by Crippen LogP contribution is 2.42. The van der Waals surface area contributed by atoms with Crippen molar-refractivity contribution in [1.82, 2.24) is 24.5 Å². The highest BCUT2D eigenvalue weighted by atomic mass is 32.1. The lowest BCUT2D eigenvalue weighted by Gasteiger charge is -2.14. The maximum atomic E-state index is 5.08. The SMILES string of the molecule is c1ccc(-c2nc(-c3ccccc3)nc(-c3cnccc3-n3c4ccccc4c4ccc(-c5cccc6sc7ccccc7c56)cc43)n2)cc1. The summed E-state index contributed by atoms with van der Waals surface area (Å²) in [6, 6.07) is 53.0. The van der Waals surface area contributed by atoms with Gasteiger partial charge in [0.05, 0.1) is 22.3 Å². The van der Waals surface area contributed by atoms with Crippen LogP contribution in [0.2, 0.25) is 0 Å². The number of para-hydroxylation sites is 1. The van der Waals surface area contributed by atoms with Gasteiger partial charge in [-0.15, -0.1) is 11.3 Å². The standard InChI is InChI=1S/C44H27N5S/c1-3-12-28(13-4-1)42-46-43(29-14-5-2-6-15-29)48-44(47-42)35-27-45-25-24-37(35)49-36-19-9-7-16-32(36)33-23-22-30(26-38(33)49)31-18-11-21-40-41(31)34-17-8-10-20-39(34)50-40/h1-27H. The molecular weight excluding hydrogens is 631 g/mol. The van der Waals surface area contributed by atoms with Gasteiger partial charge in [0.25, 0.3) is 0 Å². The van der Waals surface area contributed by atoms with Crippen LogP contribution in [-0.4, -0.2) is 24.5 Å². The second-order valence-electron chi connectivity index (χ2n) is 12.3. The van der Waals surface area contributed by atoms with Crippen molar-refractivity contribution in [3.05, 3.63) is 164 Å². The Balaban J connectivity index is 1.23. The summed E-state index contributed by atoms with van der Waals surface area (Å²) in [4.78, 5) is 19.7. The molecule has 0 aliphatic rings. The smallest absolute Gasteiger partial charge is 0.167 e. The third-order valence-corrected chi connectivity index (χ3v) is 10.5. The number of benzene rings is 6. The Morgan fingerprint density at radius 1 is 0.440 bits per heavy atom. The maximum absolute atomic E-state index is 5.08. The predicted molar refractivity (Wildman–Crippen MR) is 207 cm³/mol. The molecule has 0 aliphatic heterocycles. The molecule has 0 spiro atoms. The molecule has 0 N–H and O–H groups in total. The monoisotopic (exact) mass is 657 g/mol. The zero-order valence-corrected chi connectivity index (χ0v) is 27.5. The first-order valence-corrected chi connectivity index (χ1v) is 17.4. The molecular formula is C44H27N5S. The molecule has 0 fully saturated rings. The van der Waals surface area contributed by atoms with Crippen LogP contribution in [0.3, 0.4) is 0 Å². The molecule has 0 bridgehead atoms. The first-order valence-electron chi connectivity index (χ1n) is 16.6. The average Bonchev–Trinajstić information content (AvgIpc) is 3.74. The maximum Gasteiger partial charge on any atom is 0.167 e. The summed E-state index contributed by atoms with van der Waals surface area (Å²) in [5.74, 6) is 1.80. The molecule has 10 aromatic rings. The van der Waals surface area contributed by atoms with Gasteiger partial charge in [0.15, 0.2) is 17.5 Å². The molecule has 0 saturated heterocycles. The van der Waals surface area contributed by atoms with E-state index in [0.717, 1.165) is 33.4 Å². The van der Waals surface area contributed by atoms with E-state index in [1.807, 2.05) is 84.4 Å². The van der Waals surface area contributed by atoms with Crippen molar-refractivity contribution in [2.24, 2.45) is 0 Å². The Hall–Kier alpha value is -6.50. The second kappa shape index (κ2) is 11.6. The number of rotatable bonds is 5. The fraction of sp³-hybridized carbons (Fsp3) is 0. The fourth-order valence-electron chi connectivity index (χ4n) is 7.10. The van der Waals surface area contributed by atoms with Gasteiger partial charge in [-0.3, -0.25) is 4.98 Å². The molecule has 0 unspecified atom stereocenters. The van der Waals surface area contributed by atoms with E-state index in [1.54, 1.807) is 0 Å². The number of fused-ring (bicyclic) bond motifs is 6. The van der Waals surface area contributed by atoms with E-state index in [1.165, 1.54) is 42.1 Å². The van der Waals surface area contributed by atoms with E-state index in [-0.39, 0.29) is 0 Å². The topological polar surface area (TPSA) is 56.5 Å². The van der Waals surface area contributed by atoms with Gasteiger partial charge in [0, 0.05) is 54.5 Å². The molecule has 6 heteroatoms. The number of pyridine rings is 1. The fourth-order valence-corrected chi connectivity index (χ4v) is 8.23. The molecule has 0 saturated carbocycles. The van der Waals surface area contributed by atoms with Gasteiger partial charge >= 0.3 is 0 Å². The quantitative estimate of drug-likeness (QED) is 0.185. The predicted octanol–water partition coefficient (Wildman–Crippen LogP) is 11.4. The number of nitrogens with zero attached hydrogens (tertiary/aromatic N) is 5. The van der Waals surface area contributed by atoms with Gasteiger partial charge in [-0.25, -0.2) is 15.0 Å². The summed E-state index contributed by atoms with van der Waals surface area (Å²) in [6.07, 6.45) is 3.72. The average molecular weight is 658 g/mol. The van der Waals surface area contributed by atoms with Gasteiger partial charge in [-0.2, -0.15) is 0 Å². The second-order valence-corrected chi connectivity index (χ2v) is 13.4. The van der Waals surface area contributed by atoms with Crippen molar-refractivity contribution < 1.29 is 0 Å². The summed E-state index contributed by atoms with van der Waals surface area (Å²) in [5, 5.41) is 4.95. The highest BCUT2D eigenvalue weighted by Gasteiger charge is 2.20. The van der Waals surface area contributed by atoms with Crippen LogP contribution >= 0.6 is 11.3 Å². The summed E-state index contributed by atoms with van der Waals surface area (Å²) in [6.45, 7) is 0. The summed E-state index contributed by atoms with van der Waals surface area (Å²) < 4.78 is 4.93. The Kier molecular flexibility index (Phi) is 6.60. The number of thiophene rings is 1. The zero-order valence-electron chi connectivity index (χ0n) is 26.7. The lowest BCUT2D eigenvalue weighted by Crippen LogP contribution is -2.04. The normalized spacial score (nSPS) is 11.6.